The number of hydrogen-bond acceptors (Lipinski definition) is 31. The maximum atomic E-state index is 14.7. The lowest BCUT2D eigenvalue weighted by atomic mass is 9.80. The van der Waals surface area contributed by atoms with Crippen molar-refractivity contribution in [1.82, 2.24) is 44.8 Å². The van der Waals surface area contributed by atoms with Gasteiger partial charge in [-0.3, -0.25) is 19.2 Å². The van der Waals surface area contributed by atoms with Gasteiger partial charge in [-0.25, -0.2) is 29.2 Å². The Morgan fingerprint density at radius 2 is 1.33 bits per heavy atom. The summed E-state index contributed by atoms with van der Waals surface area (Å²) >= 11 is 0. The average Bonchev–Trinajstić information content (AvgIpc) is 1.59. The standard InChI is InChI=1S/C95H141N11O25/c1-62-14-10-9-11-15-63(2)79(117-7)56-74-21-17-67(6)95(116,131-74)88(112)92(113)105-28-13-12-16-76(105)93(114)129-80(57-77(107)64(3)51-66(5)86(110)87(111)85(109)65(4)50-62)75(96)53-68-19-22-78(81(54-68)118-8)130-94(115)99-27-31-120-33-35-122-37-39-124-41-43-126-45-47-128-49-48-127-46-44-125-42-40-123-38-36-121-34-32-119-30-25-82(108)104-29-24-70-52-69(18-20-72(70)60-104)59-106-91-83(89(97)101-61-102-91)84(103-106)73-55-71-23-26-98-90(71)100-58-73/h9-11,14-15,18,20,23,26,51-52,55,58,61-62,64-65,67-68,74-81,86-87,107,110-111,116H,12-13,16-17,19,21-22,24-25,27-50,53-54,56-57,59-60,96H2,1-8H3,(H,98,100)(H,99,115)(H2,97,101,102)/b11-9?,14-10+,63-15?,66-51+/t62-,64-,65-,67-,68+,74+,75-,76+,77-,78-,79+,80+,81-,86-,87+,95-/m1/s1. The number of nitrogens with zero attached hydrogens (tertiary/aromatic N) is 7. The number of pyridine rings is 1. The van der Waals surface area contributed by atoms with E-state index in [4.69, 9.17) is 87.6 Å². The molecule has 4 aromatic heterocycles. The molecule has 16 atom stereocenters. The summed E-state index contributed by atoms with van der Waals surface area (Å²) in [5.74, 6) is -8.08. The first kappa shape index (κ1) is 105. The molecule has 36 heteroatoms. The number of benzene rings is 1. The number of H-pyrrole nitrogens is 1. The molecular weight excluding hydrogens is 1700 g/mol. The van der Waals surface area contributed by atoms with Gasteiger partial charge in [-0.1, -0.05) is 82.4 Å². The summed E-state index contributed by atoms with van der Waals surface area (Å²) in [5, 5.41) is 55.9. The van der Waals surface area contributed by atoms with Gasteiger partial charge in [0.15, 0.2) is 11.4 Å². The Morgan fingerprint density at radius 3 is 1.98 bits per heavy atom. The van der Waals surface area contributed by atoms with Crippen molar-refractivity contribution in [3.63, 3.8) is 0 Å². The molecule has 8 heterocycles. The number of aromatic nitrogens is 6. The number of amides is 3. The van der Waals surface area contributed by atoms with Crippen LogP contribution in [-0.2, 0) is 115 Å². The maximum Gasteiger partial charge on any atom is 0.407 e. The first-order valence-electron chi connectivity index (χ1n) is 46.4. The predicted molar refractivity (Wildman–Crippen MR) is 485 cm³/mol. The first-order valence-corrected chi connectivity index (χ1v) is 46.4. The smallest absolute Gasteiger partial charge is 0.407 e. The molecule has 10 N–H and O–H groups in total. The van der Waals surface area contributed by atoms with Gasteiger partial charge < -0.3 is 123 Å². The van der Waals surface area contributed by atoms with E-state index in [0.29, 0.717) is 219 Å². The molecule has 0 spiro atoms. The Labute approximate surface area is 767 Å². The summed E-state index contributed by atoms with van der Waals surface area (Å²) < 4.78 is 88.1. The summed E-state index contributed by atoms with van der Waals surface area (Å²) in [6, 6.07) is 8.19. The molecule has 1 saturated carbocycles. The third-order valence-corrected chi connectivity index (χ3v) is 24.9. The molecule has 2 bridgehead atoms. The normalized spacial score (nSPS) is 26.5. The molecule has 5 aromatic rings. The number of esters is 1. The maximum absolute atomic E-state index is 14.7. The van der Waals surface area contributed by atoms with Crippen LogP contribution in [0.2, 0.25) is 0 Å². The first-order chi connectivity index (χ1) is 63.3. The fourth-order valence-electron chi connectivity index (χ4n) is 17.2. The molecule has 1 aromatic carbocycles. The van der Waals surface area contributed by atoms with Gasteiger partial charge in [-0.15, -0.1) is 0 Å². The third-order valence-electron chi connectivity index (χ3n) is 24.9. The van der Waals surface area contributed by atoms with Gasteiger partial charge >= 0.3 is 12.1 Å². The molecule has 10 rings (SSSR count). The zero-order valence-electron chi connectivity index (χ0n) is 77.5. The number of aliphatic hydroxyl groups is 4. The largest absolute Gasteiger partial charge is 0.459 e. The number of ketones is 2. The van der Waals surface area contributed by atoms with Crippen molar-refractivity contribution in [3.05, 3.63) is 113 Å². The highest BCUT2D eigenvalue weighted by molar-refractivity contribution is 6.39. The number of carbonyl (C=O) groups excluding carboxylic acids is 6. The number of nitrogens with one attached hydrogen (secondary N) is 2. The SMILES string of the molecule is CO[C@H]1C[C@@H]2CC[C@@H](C)[C@@](O)(O2)C(=O)C(=O)N2CCCC[C@H]2C(=O)O[C@H]([C@H](N)C[C@@H]2CC[C@@H](OC(=O)NCCOCCOCCOCCOCCOCCOCCOCCOCCOCCOCCC(=O)N3CCc4cc(Cn5nc(-c6cnc7[nH]ccc7c6)c6c(N)ncnc65)ccc4C3)[C@H](OC)C2)C[C@@H](O)[C@H](C)/C=C(\C)[C@@H](O)[C@@H](O)C(=O)[C@H](C)C[C@H](C)/C=C/C=CC=C1C. The number of Topliss-reactive ketones (excluding diaryl/α,β-unsaturated/α-hetero) is 2. The molecular formula is C95H141N11O25. The number of aliphatic hydroxyl groups excluding tert-OH is 3. The predicted octanol–water partition coefficient (Wildman–Crippen LogP) is 7.20. The summed E-state index contributed by atoms with van der Waals surface area (Å²) in [6.45, 7) is 19.8. The van der Waals surface area contributed by atoms with Crippen LogP contribution >= 0.6 is 0 Å². The number of nitrogens with two attached hydrogens (primary N) is 2. The summed E-state index contributed by atoms with van der Waals surface area (Å²) in [5.41, 5.74) is 20.8. The highest BCUT2D eigenvalue weighted by atomic mass is 16.6. The van der Waals surface area contributed by atoms with E-state index in [1.165, 1.54) is 19.0 Å². The number of anilines is 1. The van der Waals surface area contributed by atoms with Crippen molar-refractivity contribution >= 4 is 63.3 Å². The fraction of sp³-hybridized carbons (Fsp3) is 0.663. The van der Waals surface area contributed by atoms with Crippen LogP contribution < -0.4 is 16.8 Å². The van der Waals surface area contributed by atoms with Crippen LogP contribution in [-0.4, -0.2) is 328 Å². The Morgan fingerprint density at radius 1 is 0.679 bits per heavy atom. The molecule has 726 valence electrons. The van der Waals surface area contributed by atoms with Crippen molar-refractivity contribution in [2.45, 2.75) is 211 Å². The van der Waals surface area contributed by atoms with Crippen LogP contribution in [0.3, 0.4) is 0 Å². The molecule has 2 saturated heterocycles. The lowest BCUT2D eigenvalue weighted by molar-refractivity contribution is -0.265. The Balaban J connectivity index is 0.519. The molecule has 131 heavy (non-hydrogen) atoms. The Kier molecular flexibility index (Phi) is 43.7. The number of rotatable bonds is 42. The lowest BCUT2D eigenvalue weighted by Crippen LogP contribution is -2.61. The van der Waals surface area contributed by atoms with Gasteiger partial charge in [-0.2, -0.15) is 5.10 Å². The topological polar surface area (TPSA) is 465 Å². The summed E-state index contributed by atoms with van der Waals surface area (Å²) in [7, 11) is 3.08. The average molecular weight is 1840 g/mol. The molecule has 36 nitrogen and oxygen atoms in total. The minimum absolute atomic E-state index is 0.0157. The van der Waals surface area contributed by atoms with Gasteiger partial charge in [0.05, 0.1) is 175 Å². The van der Waals surface area contributed by atoms with Crippen molar-refractivity contribution in [1.29, 1.82) is 0 Å². The molecule has 3 amide bonds. The number of methoxy groups -OCH3 is 2. The molecule has 3 fully saturated rings. The molecule has 0 radical (unpaired) electrons. The van der Waals surface area contributed by atoms with E-state index < -0.39 is 114 Å². The van der Waals surface area contributed by atoms with Gasteiger partial charge in [-0.05, 0) is 136 Å². The fourth-order valence-corrected chi connectivity index (χ4v) is 17.2. The number of nitrogen functional groups attached to an aromatic ring is 1. The number of aromatic amines is 1. The molecule has 5 aliphatic rings. The number of piperidine rings is 1. The highest BCUT2D eigenvalue weighted by Crippen LogP contribution is 2.39. The van der Waals surface area contributed by atoms with Crippen molar-refractivity contribution in [2.24, 2.45) is 35.3 Å². The zero-order chi connectivity index (χ0) is 93.6. The van der Waals surface area contributed by atoms with E-state index in [9.17, 15) is 49.2 Å². The minimum Gasteiger partial charge on any atom is -0.459 e. The van der Waals surface area contributed by atoms with Crippen molar-refractivity contribution in [2.75, 3.05) is 172 Å². The lowest BCUT2D eigenvalue weighted by Gasteiger charge is -2.42. The number of carbonyl (C=O) groups is 6. The summed E-state index contributed by atoms with van der Waals surface area (Å²) in [4.78, 5) is 103. The number of fused-ring (bicyclic) bond motifs is 6. The second-order valence-corrected chi connectivity index (χ2v) is 34.7. The minimum atomic E-state index is -2.50. The monoisotopic (exact) mass is 1840 g/mol. The highest BCUT2D eigenvalue weighted by Gasteiger charge is 2.53. The van der Waals surface area contributed by atoms with E-state index >= 15 is 0 Å². The van der Waals surface area contributed by atoms with E-state index in [-0.39, 0.29) is 75.3 Å². The van der Waals surface area contributed by atoms with E-state index in [2.05, 4.69) is 43.5 Å². The number of ether oxygens (including phenoxy) is 15. The van der Waals surface area contributed by atoms with Crippen LogP contribution in [0.4, 0.5) is 10.6 Å². The van der Waals surface area contributed by atoms with E-state index in [1.807, 2.05) is 72.1 Å². The quantitative estimate of drug-likeness (QED) is 0.00828. The van der Waals surface area contributed by atoms with Gasteiger partial charge in [0, 0.05) is 100 Å². The third kappa shape index (κ3) is 32.1. The number of cyclic esters (lactones) is 1. The second-order valence-electron chi connectivity index (χ2n) is 34.7. The number of hydrogen-bond donors (Lipinski definition) is 8. The van der Waals surface area contributed by atoms with Gasteiger partial charge in [0.2, 0.25) is 11.7 Å². The zero-order valence-corrected chi connectivity index (χ0v) is 77.5. The van der Waals surface area contributed by atoms with Crippen LogP contribution in [0.5, 0.6) is 0 Å². The van der Waals surface area contributed by atoms with Gasteiger partial charge in [0.1, 0.15) is 53.9 Å². The second kappa shape index (κ2) is 54.8. The Bertz CT molecular complexity index is 4510. The Hall–Kier alpha value is -8.48. The molecule has 4 aliphatic heterocycles. The summed E-state index contributed by atoms with van der Waals surface area (Å²) in [6.07, 6.45) is 12.4. The van der Waals surface area contributed by atoms with E-state index in [0.717, 1.165) is 44.6 Å². The van der Waals surface area contributed by atoms with Crippen molar-refractivity contribution < 1.29 is 120 Å². The van der Waals surface area contributed by atoms with Crippen LogP contribution in [0, 0.1) is 29.6 Å². The van der Waals surface area contributed by atoms with Crippen LogP contribution in [0.25, 0.3) is 33.3 Å². The molecule has 0 unspecified atom stereocenters. The van der Waals surface area contributed by atoms with Crippen LogP contribution in [0.15, 0.2) is 96.7 Å². The number of alkyl carbamates (subject to hydrolysis) is 1. The number of allylic oxidation sites excluding steroid dienone is 5. The van der Waals surface area contributed by atoms with E-state index in [1.54, 1.807) is 47.1 Å². The molecule has 1 aliphatic carbocycles. The van der Waals surface area contributed by atoms with Crippen LogP contribution in [0.1, 0.15) is 142 Å². The van der Waals surface area contributed by atoms with Crippen molar-refractivity contribution in [3.8, 4) is 11.3 Å². The van der Waals surface area contributed by atoms with Gasteiger partial charge in [0.25, 0.3) is 11.7 Å².